The summed E-state index contributed by atoms with van der Waals surface area (Å²) in [6.45, 7) is 1.79. The summed E-state index contributed by atoms with van der Waals surface area (Å²) in [6, 6.07) is 0.294. The minimum Gasteiger partial charge on any atom is -0.376 e. The molecule has 0 radical (unpaired) electrons. The van der Waals surface area contributed by atoms with Gasteiger partial charge in [0.2, 0.25) is 5.91 Å². The zero-order chi connectivity index (χ0) is 11.7. The van der Waals surface area contributed by atoms with Gasteiger partial charge in [0.1, 0.15) is 0 Å². The Labute approximate surface area is 102 Å². The summed E-state index contributed by atoms with van der Waals surface area (Å²) in [5.74, 6) is 0.896. The van der Waals surface area contributed by atoms with Crippen molar-refractivity contribution in [1.82, 2.24) is 10.6 Å². The van der Waals surface area contributed by atoms with E-state index >= 15 is 0 Å². The van der Waals surface area contributed by atoms with Crippen LogP contribution in [0.4, 0.5) is 0 Å². The average Bonchev–Trinajstić information content (AvgIpc) is 3.11. The Morgan fingerprint density at radius 1 is 1.18 bits per heavy atom. The number of ether oxygens (including phenoxy) is 1. The van der Waals surface area contributed by atoms with Crippen molar-refractivity contribution in [3.63, 3.8) is 0 Å². The van der Waals surface area contributed by atoms with E-state index < -0.39 is 0 Å². The Kier molecular flexibility index (Phi) is 3.34. The second-order valence-corrected chi connectivity index (χ2v) is 5.58. The highest BCUT2D eigenvalue weighted by Crippen LogP contribution is 2.38. The van der Waals surface area contributed by atoms with Crippen molar-refractivity contribution in [2.24, 2.45) is 5.92 Å². The number of hydrogen-bond acceptors (Lipinski definition) is 3. The maximum atomic E-state index is 12.1. The predicted molar refractivity (Wildman–Crippen MR) is 64.7 cm³/mol. The molecule has 2 saturated heterocycles. The van der Waals surface area contributed by atoms with E-state index in [-0.39, 0.29) is 18.0 Å². The maximum Gasteiger partial charge on any atom is 0.237 e. The number of hydrogen-bond donors (Lipinski definition) is 2. The predicted octanol–water partition coefficient (Wildman–Crippen LogP) is 0.812. The van der Waals surface area contributed by atoms with E-state index in [1.54, 1.807) is 0 Å². The summed E-state index contributed by atoms with van der Waals surface area (Å²) >= 11 is 0. The standard InChI is InChI=1S/C13H22N2O2/c16-13(11-3-1-2-7-14-11)15-10-6-8-17-12(10)9-4-5-9/h9-12,14H,1-8H2,(H,15,16). The fourth-order valence-electron chi connectivity index (χ4n) is 3.01. The van der Waals surface area contributed by atoms with Crippen molar-refractivity contribution >= 4 is 5.91 Å². The molecule has 3 rings (SSSR count). The van der Waals surface area contributed by atoms with E-state index in [1.165, 1.54) is 19.3 Å². The molecule has 0 aromatic rings. The molecule has 3 unspecified atom stereocenters. The molecule has 4 heteroatoms. The number of rotatable bonds is 3. The fourth-order valence-corrected chi connectivity index (χ4v) is 3.01. The lowest BCUT2D eigenvalue weighted by molar-refractivity contribution is -0.124. The minimum absolute atomic E-state index is 0.0317. The van der Waals surface area contributed by atoms with Crippen molar-refractivity contribution in [2.75, 3.05) is 13.2 Å². The van der Waals surface area contributed by atoms with Gasteiger partial charge in [0, 0.05) is 6.61 Å². The normalized spacial score (nSPS) is 38.0. The molecule has 2 aliphatic heterocycles. The molecule has 0 aromatic carbocycles. The Morgan fingerprint density at radius 2 is 2.06 bits per heavy atom. The third kappa shape index (κ3) is 2.63. The first-order valence-corrected chi connectivity index (χ1v) is 7.00. The van der Waals surface area contributed by atoms with E-state index in [2.05, 4.69) is 10.6 Å². The summed E-state index contributed by atoms with van der Waals surface area (Å²) in [7, 11) is 0. The molecule has 96 valence electrons. The van der Waals surface area contributed by atoms with Gasteiger partial charge in [0.15, 0.2) is 0 Å². The maximum absolute atomic E-state index is 12.1. The first-order chi connectivity index (χ1) is 8.34. The third-order valence-electron chi connectivity index (χ3n) is 4.18. The van der Waals surface area contributed by atoms with Gasteiger partial charge in [-0.3, -0.25) is 4.79 Å². The average molecular weight is 238 g/mol. The van der Waals surface area contributed by atoms with Crippen LogP contribution in [0.15, 0.2) is 0 Å². The van der Waals surface area contributed by atoms with Gasteiger partial charge in [0.25, 0.3) is 0 Å². The largest absolute Gasteiger partial charge is 0.376 e. The van der Waals surface area contributed by atoms with Crippen molar-refractivity contribution in [1.29, 1.82) is 0 Å². The van der Waals surface area contributed by atoms with E-state index in [0.717, 1.165) is 32.4 Å². The lowest BCUT2D eigenvalue weighted by atomic mass is 10.0. The van der Waals surface area contributed by atoms with Crippen LogP contribution in [0.3, 0.4) is 0 Å². The molecule has 17 heavy (non-hydrogen) atoms. The van der Waals surface area contributed by atoms with Crippen LogP contribution >= 0.6 is 0 Å². The molecule has 3 aliphatic rings. The van der Waals surface area contributed by atoms with E-state index in [1.807, 2.05) is 0 Å². The molecule has 2 N–H and O–H groups in total. The fraction of sp³-hybridized carbons (Fsp3) is 0.923. The Morgan fingerprint density at radius 3 is 2.76 bits per heavy atom. The molecule has 4 nitrogen and oxygen atoms in total. The van der Waals surface area contributed by atoms with Gasteiger partial charge >= 0.3 is 0 Å². The van der Waals surface area contributed by atoms with Crippen LogP contribution in [0.25, 0.3) is 0 Å². The minimum atomic E-state index is 0.0317. The van der Waals surface area contributed by atoms with Crippen LogP contribution in [0.1, 0.15) is 38.5 Å². The quantitative estimate of drug-likeness (QED) is 0.765. The van der Waals surface area contributed by atoms with Gasteiger partial charge in [-0.25, -0.2) is 0 Å². The topological polar surface area (TPSA) is 50.4 Å². The van der Waals surface area contributed by atoms with Crippen LogP contribution in [-0.4, -0.2) is 37.2 Å². The van der Waals surface area contributed by atoms with Gasteiger partial charge in [-0.15, -0.1) is 0 Å². The van der Waals surface area contributed by atoms with Gasteiger partial charge in [-0.05, 0) is 44.6 Å². The van der Waals surface area contributed by atoms with Crippen molar-refractivity contribution in [3.8, 4) is 0 Å². The third-order valence-corrected chi connectivity index (χ3v) is 4.18. The van der Waals surface area contributed by atoms with Gasteiger partial charge < -0.3 is 15.4 Å². The first-order valence-electron chi connectivity index (χ1n) is 7.00. The number of carbonyl (C=O) groups is 1. The highest BCUT2D eigenvalue weighted by atomic mass is 16.5. The van der Waals surface area contributed by atoms with Crippen LogP contribution in [0.2, 0.25) is 0 Å². The molecule has 3 fully saturated rings. The molecule has 1 saturated carbocycles. The molecule has 1 aliphatic carbocycles. The first kappa shape index (κ1) is 11.5. The Balaban J connectivity index is 1.52. The smallest absolute Gasteiger partial charge is 0.237 e. The highest BCUT2D eigenvalue weighted by Gasteiger charge is 2.41. The summed E-state index contributed by atoms with van der Waals surface area (Å²) in [5, 5.41) is 6.49. The van der Waals surface area contributed by atoms with E-state index in [0.29, 0.717) is 12.0 Å². The summed E-state index contributed by atoms with van der Waals surface area (Å²) in [4.78, 5) is 12.1. The number of nitrogens with one attached hydrogen (secondary N) is 2. The van der Waals surface area contributed by atoms with Gasteiger partial charge in [-0.1, -0.05) is 6.42 Å². The number of amides is 1. The highest BCUT2D eigenvalue weighted by molar-refractivity contribution is 5.82. The summed E-state index contributed by atoms with van der Waals surface area (Å²) in [5.41, 5.74) is 0. The van der Waals surface area contributed by atoms with Crippen LogP contribution in [0, 0.1) is 5.92 Å². The molecular weight excluding hydrogens is 216 g/mol. The molecular formula is C13H22N2O2. The number of carbonyl (C=O) groups excluding carboxylic acids is 1. The molecule has 3 atom stereocenters. The van der Waals surface area contributed by atoms with Gasteiger partial charge in [0.05, 0.1) is 18.2 Å². The van der Waals surface area contributed by atoms with Crippen LogP contribution in [0.5, 0.6) is 0 Å². The lowest BCUT2D eigenvalue weighted by Gasteiger charge is -2.26. The monoisotopic (exact) mass is 238 g/mol. The van der Waals surface area contributed by atoms with Gasteiger partial charge in [-0.2, -0.15) is 0 Å². The SMILES string of the molecule is O=C(NC1CCOC1C1CC1)C1CCCCN1. The zero-order valence-corrected chi connectivity index (χ0v) is 10.3. The van der Waals surface area contributed by atoms with E-state index in [9.17, 15) is 4.79 Å². The van der Waals surface area contributed by atoms with Crippen molar-refractivity contribution in [2.45, 2.75) is 56.7 Å². The van der Waals surface area contributed by atoms with Crippen molar-refractivity contribution < 1.29 is 9.53 Å². The van der Waals surface area contributed by atoms with E-state index in [4.69, 9.17) is 4.74 Å². The molecule has 0 bridgehead atoms. The van der Waals surface area contributed by atoms with Crippen molar-refractivity contribution in [3.05, 3.63) is 0 Å². The summed E-state index contributed by atoms with van der Waals surface area (Å²) < 4.78 is 5.74. The Hall–Kier alpha value is -0.610. The second kappa shape index (κ2) is 4.94. The van der Waals surface area contributed by atoms with Crippen LogP contribution < -0.4 is 10.6 Å². The van der Waals surface area contributed by atoms with Crippen LogP contribution in [-0.2, 0) is 9.53 Å². The molecule has 0 aromatic heterocycles. The Bertz CT molecular complexity index is 285. The second-order valence-electron chi connectivity index (χ2n) is 5.58. The summed E-state index contributed by atoms with van der Waals surface area (Å²) in [6.07, 6.45) is 7.17. The molecule has 2 heterocycles. The lowest BCUT2D eigenvalue weighted by Crippen LogP contribution is -2.51. The zero-order valence-electron chi connectivity index (χ0n) is 10.3. The molecule has 0 spiro atoms. The number of piperidine rings is 1. The molecule has 1 amide bonds.